The number of halogens is 2. The van der Waals surface area contributed by atoms with E-state index in [0.717, 1.165) is 31.4 Å². The molecule has 5 heteroatoms. The van der Waals surface area contributed by atoms with Crippen molar-refractivity contribution in [3.8, 4) is 0 Å². The molecule has 1 aromatic carbocycles. The summed E-state index contributed by atoms with van der Waals surface area (Å²) in [6, 6.07) is 2.02. The van der Waals surface area contributed by atoms with Crippen LogP contribution in [-0.4, -0.2) is 29.1 Å². The zero-order chi connectivity index (χ0) is 13.1. The Hall–Kier alpha value is -1.49. The first-order valence-corrected chi connectivity index (χ1v) is 6.01. The summed E-state index contributed by atoms with van der Waals surface area (Å²) in [7, 11) is 0. The van der Waals surface area contributed by atoms with E-state index >= 15 is 0 Å². The van der Waals surface area contributed by atoms with E-state index in [2.05, 4.69) is 0 Å². The first-order chi connectivity index (χ1) is 8.59. The summed E-state index contributed by atoms with van der Waals surface area (Å²) in [5, 5.41) is 9.27. The van der Waals surface area contributed by atoms with Gasteiger partial charge >= 0.3 is 5.97 Å². The van der Waals surface area contributed by atoms with Crippen molar-refractivity contribution < 1.29 is 18.7 Å². The van der Waals surface area contributed by atoms with Crippen LogP contribution in [0.2, 0.25) is 0 Å². The summed E-state index contributed by atoms with van der Waals surface area (Å²) in [6.07, 6.45) is 2.88. The van der Waals surface area contributed by atoms with Gasteiger partial charge in [-0.25, -0.2) is 8.78 Å². The van der Waals surface area contributed by atoms with E-state index in [1.165, 1.54) is 6.07 Å². The number of nitrogens with zero attached hydrogens (tertiary/aromatic N) is 1. The van der Waals surface area contributed by atoms with Gasteiger partial charge in [0.2, 0.25) is 0 Å². The van der Waals surface area contributed by atoms with Crippen LogP contribution in [0.15, 0.2) is 18.2 Å². The van der Waals surface area contributed by atoms with E-state index in [9.17, 15) is 18.7 Å². The van der Waals surface area contributed by atoms with Crippen LogP contribution in [0.25, 0.3) is 0 Å². The van der Waals surface area contributed by atoms with Crippen LogP contribution in [-0.2, 0) is 4.79 Å². The Morgan fingerprint density at radius 1 is 1.22 bits per heavy atom. The minimum absolute atomic E-state index is 0.0331. The Morgan fingerprint density at radius 2 is 1.89 bits per heavy atom. The molecule has 1 heterocycles. The van der Waals surface area contributed by atoms with E-state index in [-0.39, 0.29) is 5.56 Å². The predicted octanol–water partition coefficient (Wildman–Crippen LogP) is 2.58. The lowest BCUT2D eigenvalue weighted by atomic mass is 10.0. The summed E-state index contributed by atoms with van der Waals surface area (Å²) in [4.78, 5) is 13.1. The van der Waals surface area contributed by atoms with Crippen molar-refractivity contribution in [2.24, 2.45) is 0 Å². The number of carboxylic acids is 1. The Kier molecular flexibility index (Phi) is 3.91. The lowest BCUT2D eigenvalue weighted by Gasteiger charge is -2.32. The van der Waals surface area contributed by atoms with E-state index < -0.39 is 23.6 Å². The number of rotatable bonds is 3. The van der Waals surface area contributed by atoms with Crippen LogP contribution in [0.3, 0.4) is 0 Å². The second-order valence-electron chi connectivity index (χ2n) is 4.50. The number of aliphatic carboxylic acids is 1. The maximum absolute atomic E-state index is 13.7. The highest BCUT2D eigenvalue weighted by molar-refractivity contribution is 5.75. The third-order valence-corrected chi connectivity index (χ3v) is 3.25. The van der Waals surface area contributed by atoms with E-state index in [1.54, 1.807) is 4.90 Å². The fraction of sp³-hybridized carbons (Fsp3) is 0.462. The van der Waals surface area contributed by atoms with Gasteiger partial charge in [0.25, 0.3) is 0 Å². The molecule has 1 N–H and O–H groups in total. The van der Waals surface area contributed by atoms with Gasteiger partial charge in [-0.1, -0.05) is 12.5 Å². The van der Waals surface area contributed by atoms with Crippen LogP contribution in [0, 0.1) is 11.6 Å². The van der Waals surface area contributed by atoms with Gasteiger partial charge in [-0.3, -0.25) is 9.69 Å². The maximum Gasteiger partial charge on any atom is 0.325 e. The summed E-state index contributed by atoms with van der Waals surface area (Å²) in [6.45, 7) is 1.27. The number of carbonyl (C=O) groups is 1. The van der Waals surface area contributed by atoms with Crippen molar-refractivity contribution in [3.05, 3.63) is 35.4 Å². The number of hydrogen-bond donors (Lipinski definition) is 1. The van der Waals surface area contributed by atoms with Crippen molar-refractivity contribution in [3.63, 3.8) is 0 Å². The smallest absolute Gasteiger partial charge is 0.325 e. The lowest BCUT2D eigenvalue weighted by Crippen LogP contribution is -2.38. The van der Waals surface area contributed by atoms with Gasteiger partial charge in [-0.2, -0.15) is 0 Å². The predicted molar refractivity (Wildman–Crippen MR) is 62.2 cm³/mol. The standard InChI is InChI=1S/C13H15F2NO2/c14-9-4-5-10(11(15)8-9)12(13(17)18)16-6-2-1-3-7-16/h4-5,8,12H,1-3,6-7H2,(H,17,18). The van der Waals surface area contributed by atoms with E-state index in [0.29, 0.717) is 13.1 Å². The second kappa shape index (κ2) is 5.44. The average Bonchev–Trinajstić information content (AvgIpc) is 2.33. The number of hydrogen-bond acceptors (Lipinski definition) is 2. The third-order valence-electron chi connectivity index (χ3n) is 3.25. The van der Waals surface area contributed by atoms with Gasteiger partial charge in [0.15, 0.2) is 0 Å². The number of benzene rings is 1. The highest BCUT2D eigenvalue weighted by Gasteiger charge is 2.30. The molecule has 98 valence electrons. The SMILES string of the molecule is O=C(O)C(c1ccc(F)cc1F)N1CCCCC1. The fourth-order valence-electron chi connectivity index (χ4n) is 2.39. The van der Waals surface area contributed by atoms with Crippen LogP contribution in [0.5, 0.6) is 0 Å². The Balaban J connectivity index is 2.31. The van der Waals surface area contributed by atoms with Crippen molar-refractivity contribution in [1.29, 1.82) is 0 Å². The molecule has 1 aliphatic rings. The third kappa shape index (κ3) is 2.67. The molecule has 0 bridgehead atoms. The van der Waals surface area contributed by atoms with Crippen molar-refractivity contribution in [2.45, 2.75) is 25.3 Å². The zero-order valence-corrected chi connectivity index (χ0v) is 9.90. The highest BCUT2D eigenvalue weighted by atomic mass is 19.1. The molecule has 1 fully saturated rings. The number of piperidine rings is 1. The molecule has 1 aliphatic heterocycles. The molecule has 0 spiro atoms. The van der Waals surface area contributed by atoms with Crippen LogP contribution >= 0.6 is 0 Å². The van der Waals surface area contributed by atoms with Gasteiger partial charge in [-0.05, 0) is 32.0 Å². The van der Waals surface area contributed by atoms with Crippen molar-refractivity contribution in [2.75, 3.05) is 13.1 Å². The molecule has 3 nitrogen and oxygen atoms in total. The Labute approximate surface area is 104 Å². The molecule has 1 unspecified atom stereocenters. The second-order valence-corrected chi connectivity index (χ2v) is 4.50. The molecular weight excluding hydrogens is 240 g/mol. The number of carboxylic acid groups (broad SMARTS) is 1. The summed E-state index contributed by atoms with van der Waals surface area (Å²) < 4.78 is 26.5. The van der Waals surface area contributed by atoms with Crippen LogP contribution < -0.4 is 0 Å². The zero-order valence-electron chi connectivity index (χ0n) is 9.90. The first kappa shape index (κ1) is 13.0. The van der Waals surface area contributed by atoms with Gasteiger partial charge in [0.1, 0.15) is 17.7 Å². The molecule has 18 heavy (non-hydrogen) atoms. The molecule has 0 amide bonds. The molecule has 0 saturated carbocycles. The molecule has 1 aromatic rings. The molecule has 1 atom stereocenters. The van der Waals surface area contributed by atoms with Gasteiger partial charge in [-0.15, -0.1) is 0 Å². The Morgan fingerprint density at radius 3 is 2.44 bits per heavy atom. The molecule has 0 aliphatic carbocycles. The topological polar surface area (TPSA) is 40.5 Å². The van der Waals surface area contributed by atoms with Crippen LogP contribution in [0.4, 0.5) is 8.78 Å². The van der Waals surface area contributed by atoms with Gasteiger partial charge < -0.3 is 5.11 Å². The minimum Gasteiger partial charge on any atom is -0.480 e. The average molecular weight is 255 g/mol. The van der Waals surface area contributed by atoms with Crippen molar-refractivity contribution >= 4 is 5.97 Å². The number of likely N-dealkylation sites (tertiary alicyclic amines) is 1. The van der Waals surface area contributed by atoms with E-state index in [4.69, 9.17) is 0 Å². The summed E-state index contributed by atoms with van der Waals surface area (Å²) in [5.74, 6) is -2.59. The quantitative estimate of drug-likeness (QED) is 0.902. The molecular formula is C13H15F2NO2. The largest absolute Gasteiger partial charge is 0.480 e. The molecule has 0 aromatic heterocycles. The first-order valence-electron chi connectivity index (χ1n) is 6.01. The van der Waals surface area contributed by atoms with Gasteiger partial charge in [0, 0.05) is 11.6 Å². The van der Waals surface area contributed by atoms with E-state index in [1.807, 2.05) is 0 Å². The summed E-state index contributed by atoms with van der Waals surface area (Å²) >= 11 is 0. The molecule has 2 rings (SSSR count). The molecule has 1 saturated heterocycles. The molecule has 0 radical (unpaired) electrons. The van der Waals surface area contributed by atoms with Crippen molar-refractivity contribution in [1.82, 2.24) is 4.90 Å². The Bertz CT molecular complexity index is 445. The van der Waals surface area contributed by atoms with Gasteiger partial charge in [0.05, 0.1) is 0 Å². The monoisotopic (exact) mass is 255 g/mol. The minimum atomic E-state index is -1.09. The fourth-order valence-corrected chi connectivity index (χ4v) is 2.39. The maximum atomic E-state index is 13.7. The normalized spacial score (nSPS) is 18.6. The summed E-state index contributed by atoms with van der Waals surface area (Å²) in [5.41, 5.74) is 0.0331. The highest BCUT2D eigenvalue weighted by Crippen LogP contribution is 2.27. The van der Waals surface area contributed by atoms with Crippen LogP contribution in [0.1, 0.15) is 30.9 Å². The lowest BCUT2D eigenvalue weighted by molar-refractivity contribution is -0.144.